The molecule has 0 fully saturated rings. The molecular weight excluding hydrogens is 260 g/mol. The van der Waals surface area contributed by atoms with Crippen molar-refractivity contribution in [2.75, 3.05) is 20.3 Å². The number of hydrogen-bond acceptors (Lipinski definition) is 5. The van der Waals surface area contributed by atoms with Gasteiger partial charge in [0.05, 0.1) is 25.9 Å². The molecule has 5 heteroatoms. The molecule has 5 nitrogen and oxygen atoms in total. The maximum Gasteiger partial charge on any atom is 0.338 e. The molecule has 1 rings (SSSR count). The monoisotopic (exact) mass is 280 g/mol. The molecule has 0 aliphatic carbocycles. The minimum Gasteiger partial charge on any atom is -0.494 e. The molecule has 0 heterocycles. The van der Waals surface area contributed by atoms with Crippen LogP contribution >= 0.6 is 0 Å². The Labute approximate surface area is 118 Å². The number of carbonyl (C=O) groups excluding carboxylic acids is 2. The van der Waals surface area contributed by atoms with Crippen LogP contribution in [0, 0.1) is 0 Å². The Balaban J connectivity index is 2.92. The zero-order chi connectivity index (χ0) is 15.0. The topological polar surface area (TPSA) is 61.8 Å². The fourth-order valence-corrected chi connectivity index (χ4v) is 1.75. The Kier molecular flexibility index (Phi) is 6.56. The van der Waals surface area contributed by atoms with Gasteiger partial charge >= 0.3 is 11.9 Å². The molecule has 0 amide bonds. The Hall–Kier alpha value is -2.04. The van der Waals surface area contributed by atoms with E-state index in [4.69, 9.17) is 9.47 Å². The van der Waals surface area contributed by atoms with Crippen LogP contribution in [0.1, 0.15) is 36.2 Å². The van der Waals surface area contributed by atoms with Gasteiger partial charge in [0.2, 0.25) is 0 Å². The van der Waals surface area contributed by atoms with Crippen molar-refractivity contribution in [2.24, 2.45) is 0 Å². The highest BCUT2D eigenvalue weighted by Gasteiger charge is 2.12. The summed E-state index contributed by atoms with van der Waals surface area (Å²) in [6.45, 7) is 4.47. The first-order valence-corrected chi connectivity index (χ1v) is 6.62. The van der Waals surface area contributed by atoms with Gasteiger partial charge in [-0.05, 0) is 44.0 Å². The van der Waals surface area contributed by atoms with E-state index in [1.807, 2.05) is 6.92 Å². The van der Waals surface area contributed by atoms with Crippen LogP contribution in [-0.4, -0.2) is 32.3 Å². The predicted molar refractivity (Wildman–Crippen MR) is 73.9 cm³/mol. The lowest BCUT2D eigenvalue weighted by Crippen LogP contribution is -2.08. The van der Waals surface area contributed by atoms with E-state index in [0.29, 0.717) is 30.9 Å². The third kappa shape index (κ3) is 4.57. The molecule has 20 heavy (non-hydrogen) atoms. The average molecular weight is 280 g/mol. The van der Waals surface area contributed by atoms with Gasteiger partial charge < -0.3 is 14.2 Å². The van der Waals surface area contributed by atoms with Gasteiger partial charge in [-0.15, -0.1) is 0 Å². The molecule has 0 unspecified atom stereocenters. The number of carbonyl (C=O) groups is 2. The molecule has 0 aliphatic heterocycles. The highest BCUT2D eigenvalue weighted by atomic mass is 16.5. The molecule has 0 aliphatic rings. The normalized spacial score (nSPS) is 9.95. The summed E-state index contributed by atoms with van der Waals surface area (Å²) in [5.74, 6) is -0.00620. The molecule has 0 spiro atoms. The number of methoxy groups -OCH3 is 1. The molecule has 1 aromatic rings. The summed E-state index contributed by atoms with van der Waals surface area (Å²) in [4.78, 5) is 22.9. The lowest BCUT2D eigenvalue weighted by atomic mass is 10.0. The second-order valence-electron chi connectivity index (χ2n) is 4.05. The van der Waals surface area contributed by atoms with Gasteiger partial charge in [0.1, 0.15) is 5.75 Å². The summed E-state index contributed by atoms with van der Waals surface area (Å²) < 4.78 is 15.1. The molecular formula is C15H20O5. The zero-order valence-electron chi connectivity index (χ0n) is 12.1. The Morgan fingerprint density at radius 1 is 1.15 bits per heavy atom. The Morgan fingerprint density at radius 2 is 1.90 bits per heavy atom. The van der Waals surface area contributed by atoms with E-state index < -0.39 is 0 Å². The molecule has 110 valence electrons. The lowest BCUT2D eigenvalue weighted by molar-refractivity contribution is -0.140. The Bertz CT molecular complexity index is 467. The standard InChI is InChI=1S/C15H20O5/c1-4-19-13-8-6-12(15(17)20-5-2)10-11(13)7-9-14(16)18-3/h6,8,10H,4-5,7,9H2,1-3H3. The van der Waals surface area contributed by atoms with E-state index in [1.54, 1.807) is 25.1 Å². The van der Waals surface area contributed by atoms with Crippen LogP contribution in [0.15, 0.2) is 18.2 Å². The maximum absolute atomic E-state index is 11.7. The van der Waals surface area contributed by atoms with Gasteiger partial charge in [-0.1, -0.05) is 0 Å². The predicted octanol–water partition coefficient (Wildman–Crippen LogP) is 2.37. The van der Waals surface area contributed by atoms with Crippen molar-refractivity contribution in [2.45, 2.75) is 26.7 Å². The molecule has 0 atom stereocenters. The van der Waals surface area contributed by atoms with Crippen molar-refractivity contribution >= 4 is 11.9 Å². The van der Waals surface area contributed by atoms with E-state index in [1.165, 1.54) is 7.11 Å². The first-order valence-electron chi connectivity index (χ1n) is 6.62. The van der Waals surface area contributed by atoms with Crippen molar-refractivity contribution in [3.8, 4) is 5.75 Å². The SMILES string of the molecule is CCOC(=O)c1ccc(OCC)c(CCC(=O)OC)c1. The Morgan fingerprint density at radius 3 is 2.50 bits per heavy atom. The van der Waals surface area contributed by atoms with Crippen LogP contribution in [0.4, 0.5) is 0 Å². The van der Waals surface area contributed by atoms with Crippen LogP contribution < -0.4 is 4.74 Å². The maximum atomic E-state index is 11.7. The number of esters is 2. The van der Waals surface area contributed by atoms with E-state index in [9.17, 15) is 9.59 Å². The van der Waals surface area contributed by atoms with Gasteiger partial charge in [-0.2, -0.15) is 0 Å². The summed E-state index contributed by atoms with van der Waals surface area (Å²) in [6.07, 6.45) is 0.693. The minimum atomic E-state index is -0.380. The van der Waals surface area contributed by atoms with Gasteiger partial charge in [-0.3, -0.25) is 4.79 Å². The summed E-state index contributed by atoms with van der Waals surface area (Å²) in [7, 11) is 1.35. The molecule has 0 saturated heterocycles. The van der Waals surface area contributed by atoms with Crippen LogP contribution in [0.3, 0.4) is 0 Å². The molecule has 0 radical (unpaired) electrons. The second-order valence-corrected chi connectivity index (χ2v) is 4.05. The van der Waals surface area contributed by atoms with Crippen LogP contribution in [0.5, 0.6) is 5.75 Å². The molecule has 0 aromatic heterocycles. The molecule has 0 saturated carbocycles. The third-order valence-corrected chi connectivity index (χ3v) is 2.70. The van der Waals surface area contributed by atoms with Gasteiger partial charge in [0, 0.05) is 6.42 Å². The number of aryl methyl sites for hydroxylation is 1. The lowest BCUT2D eigenvalue weighted by Gasteiger charge is -2.11. The first kappa shape index (κ1) is 16.0. The van der Waals surface area contributed by atoms with E-state index in [0.717, 1.165) is 5.56 Å². The van der Waals surface area contributed by atoms with E-state index in [2.05, 4.69) is 4.74 Å². The third-order valence-electron chi connectivity index (χ3n) is 2.70. The molecule has 1 aromatic carbocycles. The number of hydrogen-bond donors (Lipinski definition) is 0. The van der Waals surface area contributed by atoms with Crippen molar-refractivity contribution in [3.63, 3.8) is 0 Å². The zero-order valence-corrected chi connectivity index (χ0v) is 12.1. The highest BCUT2D eigenvalue weighted by Crippen LogP contribution is 2.22. The minimum absolute atomic E-state index is 0.239. The van der Waals surface area contributed by atoms with Gasteiger partial charge in [0.25, 0.3) is 0 Å². The first-order chi connectivity index (χ1) is 9.62. The van der Waals surface area contributed by atoms with E-state index in [-0.39, 0.29) is 18.4 Å². The summed E-state index contributed by atoms with van der Waals surface area (Å²) in [5, 5.41) is 0. The smallest absolute Gasteiger partial charge is 0.338 e. The second kappa shape index (κ2) is 8.19. The highest BCUT2D eigenvalue weighted by molar-refractivity contribution is 5.89. The van der Waals surface area contributed by atoms with Crippen molar-refractivity contribution in [1.29, 1.82) is 0 Å². The van der Waals surface area contributed by atoms with Crippen LogP contribution in [0.25, 0.3) is 0 Å². The molecule has 0 N–H and O–H groups in total. The fourth-order valence-electron chi connectivity index (χ4n) is 1.75. The number of benzene rings is 1. The van der Waals surface area contributed by atoms with E-state index >= 15 is 0 Å². The van der Waals surface area contributed by atoms with Crippen LogP contribution in [-0.2, 0) is 20.7 Å². The molecule has 0 bridgehead atoms. The summed E-state index contributed by atoms with van der Waals surface area (Å²) >= 11 is 0. The van der Waals surface area contributed by atoms with Crippen LogP contribution in [0.2, 0.25) is 0 Å². The van der Waals surface area contributed by atoms with Crippen molar-refractivity contribution < 1.29 is 23.8 Å². The summed E-state index contributed by atoms with van der Waals surface area (Å²) in [6, 6.07) is 5.08. The average Bonchev–Trinajstić information content (AvgIpc) is 2.46. The van der Waals surface area contributed by atoms with Gasteiger partial charge in [-0.25, -0.2) is 4.79 Å². The van der Waals surface area contributed by atoms with Gasteiger partial charge in [0.15, 0.2) is 0 Å². The van der Waals surface area contributed by atoms with Crippen molar-refractivity contribution in [1.82, 2.24) is 0 Å². The largest absolute Gasteiger partial charge is 0.494 e. The quantitative estimate of drug-likeness (QED) is 0.717. The fraction of sp³-hybridized carbons (Fsp3) is 0.467. The summed E-state index contributed by atoms with van der Waals surface area (Å²) in [5.41, 5.74) is 1.25. The number of rotatable bonds is 7. The number of ether oxygens (including phenoxy) is 3. The van der Waals surface area contributed by atoms with Crippen molar-refractivity contribution in [3.05, 3.63) is 29.3 Å².